The van der Waals surface area contributed by atoms with E-state index in [0.29, 0.717) is 6.08 Å². The number of carbonyl (C=O) groups excluding carboxylic acids is 2. The number of para-hydroxylation sites is 1. The summed E-state index contributed by atoms with van der Waals surface area (Å²) in [5, 5.41) is -2.80. The Morgan fingerprint density at radius 1 is 0.788 bits per heavy atom. The molecule has 2 atom stereocenters. The average Bonchev–Trinajstić information content (AvgIpc) is 2.70. The summed E-state index contributed by atoms with van der Waals surface area (Å²) in [5.74, 6) is -2.07. The van der Waals surface area contributed by atoms with Gasteiger partial charge in [0.1, 0.15) is 31.2 Å². The van der Waals surface area contributed by atoms with Crippen molar-refractivity contribution in [3.8, 4) is 5.75 Å². The molecule has 0 saturated heterocycles. The maximum absolute atomic E-state index is 13.1. The van der Waals surface area contributed by atoms with Crippen LogP contribution in [0.5, 0.6) is 5.75 Å². The van der Waals surface area contributed by atoms with Crippen LogP contribution >= 0.6 is 0 Å². The second kappa shape index (κ2) is 9.86. The molecule has 0 fully saturated rings. The van der Waals surface area contributed by atoms with E-state index in [9.17, 15) is 35.5 Å². The molecule has 2 aliphatic carbocycles. The summed E-state index contributed by atoms with van der Waals surface area (Å²) in [6.45, 7) is 0. The fraction of sp³-hybridized carbons (Fsp3) is 0.100. The Labute approximate surface area is 234 Å². The number of ether oxygens (including phenoxy) is 1. The standard InChI is InChI=1S/C20H14O9S2.2Na/c21-17-13-8-4-5-9-14(13)18(22)16-15(17)10-11-20(31(26,27)28,19(16)30(23,24)25)29-12-6-2-1-3-7-12;;/h1-11,19H,(H,23,24,25)(H,26,27,28);;/q;2*+1/p-2. The van der Waals surface area contributed by atoms with Gasteiger partial charge in [0.15, 0.2) is 11.6 Å². The normalized spacial score (nSPS) is 21.9. The zero-order valence-corrected chi connectivity index (χ0v) is 23.1. The minimum absolute atomic E-state index is 0. The molecule has 0 N–H and O–H groups in total. The molecule has 0 spiro atoms. The number of hydrogen-bond acceptors (Lipinski definition) is 9. The average molecular weight is 506 g/mol. The second-order valence-corrected chi connectivity index (χ2v) is 9.83. The predicted molar refractivity (Wildman–Crippen MR) is 104 cm³/mol. The van der Waals surface area contributed by atoms with Gasteiger partial charge in [-0.15, -0.1) is 0 Å². The molecule has 0 amide bonds. The molecule has 2 aromatic carbocycles. The van der Waals surface area contributed by atoms with Crippen molar-refractivity contribution >= 4 is 31.8 Å². The van der Waals surface area contributed by atoms with E-state index in [-0.39, 0.29) is 76.0 Å². The van der Waals surface area contributed by atoms with Crippen molar-refractivity contribution in [3.05, 3.63) is 89.0 Å². The Bertz CT molecular complexity index is 1400. The van der Waals surface area contributed by atoms with Crippen LogP contribution in [0.3, 0.4) is 0 Å². The van der Waals surface area contributed by atoms with Gasteiger partial charge in [-0.2, -0.15) is 0 Å². The Morgan fingerprint density at radius 2 is 1.30 bits per heavy atom. The molecule has 33 heavy (non-hydrogen) atoms. The van der Waals surface area contributed by atoms with Crippen LogP contribution in [0.4, 0.5) is 0 Å². The first kappa shape index (κ1) is 28.1. The van der Waals surface area contributed by atoms with Crippen molar-refractivity contribution in [3.63, 3.8) is 0 Å². The summed E-state index contributed by atoms with van der Waals surface area (Å²) in [7, 11) is -11.4. The first-order valence-electron chi connectivity index (χ1n) is 8.73. The molecular weight excluding hydrogens is 494 g/mol. The third-order valence-corrected chi connectivity index (χ3v) is 7.55. The summed E-state index contributed by atoms with van der Waals surface area (Å²) in [5.41, 5.74) is -1.65. The van der Waals surface area contributed by atoms with E-state index in [0.717, 1.165) is 6.08 Å². The molecule has 0 aliphatic heterocycles. The second-order valence-electron chi connectivity index (χ2n) is 6.83. The maximum Gasteiger partial charge on any atom is 1.00 e. The predicted octanol–water partition coefficient (Wildman–Crippen LogP) is -4.83. The van der Waals surface area contributed by atoms with Gasteiger partial charge < -0.3 is 13.8 Å². The van der Waals surface area contributed by atoms with Gasteiger partial charge in [-0.25, -0.2) is 16.8 Å². The smallest absolute Gasteiger partial charge is 0.747 e. The van der Waals surface area contributed by atoms with Gasteiger partial charge in [0.2, 0.25) is 4.93 Å². The van der Waals surface area contributed by atoms with Crippen LogP contribution in [0, 0.1) is 0 Å². The number of fused-ring (bicyclic) bond motifs is 1. The maximum atomic E-state index is 13.1. The third kappa shape index (κ3) is 4.72. The zero-order chi connectivity index (χ0) is 22.6. The summed E-state index contributed by atoms with van der Waals surface area (Å²) in [4.78, 5) is 22.7. The molecule has 160 valence electrons. The van der Waals surface area contributed by atoms with Crippen LogP contribution in [-0.2, 0) is 20.2 Å². The number of rotatable bonds is 4. The van der Waals surface area contributed by atoms with Crippen LogP contribution in [0.1, 0.15) is 20.7 Å². The van der Waals surface area contributed by atoms with Crippen LogP contribution in [0.15, 0.2) is 77.9 Å². The quantitative estimate of drug-likeness (QED) is 0.293. The fourth-order valence-corrected chi connectivity index (χ4v) is 6.27. The van der Waals surface area contributed by atoms with Crippen LogP contribution < -0.4 is 63.9 Å². The molecule has 13 heteroatoms. The van der Waals surface area contributed by atoms with Gasteiger partial charge in [0.25, 0.3) is 0 Å². The van der Waals surface area contributed by atoms with Gasteiger partial charge >= 0.3 is 59.1 Å². The molecule has 9 nitrogen and oxygen atoms in total. The Balaban J connectivity index is 0.00000193. The molecule has 0 aromatic heterocycles. The number of hydrogen-bond donors (Lipinski definition) is 0. The minimum atomic E-state index is -5.72. The van der Waals surface area contributed by atoms with Crippen molar-refractivity contribution in [1.82, 2.24) is 0 Å². The van der Waals surface area contributed by atoms with Crippen molar-refractivity contribution in [2.45, 2.75) is 10.2 Å². The summed E-state index contributed by atoms with van der Waals surface area (Å²) in [6.07, 6.45) is 1.38. The van der Waals surface area contributed by atoms with E-state index in [1.165, 1.54) is 48.5 Å². The number of allylic oxidation sites excluding steroid dienone is 2. The van der Waals surface area contributed by atoms with Gasteiger partial charge in [-0.05, 0) is 24.3 Å². The van der Waals surface area contributed by atoms with E-state index in [1.54, 1.807) is 6.07 Å². The zero-order valence-electron chi connectivity index (χ0n) is 17.4. The molecule has 0 radical (unpaired) electrons. The molecule has 2 aliphatic rings. The van der Waals surface area contributed by atoms with Crippen molar-refractivity contribution in [1.29, 1.82) is 0 Å². The first-order valence-corrected chi connectivity index (χ1v) is 11.6. The van der Waals surface area contributed by atoms with E-state index in [1.807, 2.05) is 0 Å². The molecular formula is C20H12Na2O9S2. The van der Waals surface area contributed by atoms with Crippen LogP contribution in [0.25, 0.3) is 0 Å². The Hall–Kier alpha value is -1.12. The summed E-state index contributed by atoms with van der Waals surface area (Å²) in [6, 6.07) is 12.3. The largest absolute Gasteiger partial charge is 1.00 e. The van der Waals surface area contributed by atoms with Crippen molar-refractivity contribution in [2.75, 3.05) is 0 Å². The van der Waals surface area contributed by atoms with Crippen molar-refractivity contribution in [2.24, 2.45) is 0 Å². The van der Waals surface area contributed by atoms with E-state index in [2.05, 4.69) is 0 Å². The number of benzene rings is 2. The molecule has 0 bridgehead atoms. The first-order chi connectivity index (χ1) is 14.5. The topological polar surface area (TPSA) is 158 Å². The molecule has 2 aromatic rings. The molecule has 0 heterocycles. The van der Waals surface area contributed by atoms with Gasteiger partial charge in [-0.3, -0.25) is 9.59 Å². The van der Waals surface area contributed by atoms with Crippen LogP contribution in [-0.4, -0.2) is 47.7 Å². The fourth-order valence-electron chi connectivity index (χ4n) is 3.70. The van der Waals surface area contributed by atoms with E-state index < -0.39 is 53.1 Å². The summed E-state index contributed by atoms with van der Waals surface area (Å²) >= 11 is 0. The Kier molecular flexibility index (Phi) is 8.40. The number of Topliss-reactive ketones (excluding diaryl/α,β-unsaturated/α-hetero) is 2. The molecule has 2 unspecified atom stereocenters. The van der Waals surface area contributed by atoms with Gasteiger partial charge in [0.05, 0.1) is 0 Å². The monoisotopic (exact) mass is 506 g/mol. The van der Waals surface area contributed by atoms with E-state index >= 15 is 0 Å². The van der Waals surface area contributed by atoms with E-state index in [4.69, 9.17) is 4.74 Å². The minimum Gasteiger partial charge on any atom is -0.747 e. The Morgan fingerprint density at radius 3 is 1.82 bits per heavy atom. The number of carbonyl (C=O) groups is 2. The number of ketones is 2. The molecule has 4 rings (SSSR count). The summed E-state index contributed by atoms with van der Waals surface area (Å²) < 4.78 is 79.1. The SMILES string of the molecule is O=C1C2=C(C(=O)c3ccccc31)C(S(=O)(=O)[O-])C(Oc1ccccc1)(S(=O)(=O)[O-])C=C2.[Na+].[Na+]. The van der Waals surface area contributed by atoms with Gasteiger partial charge in [-0.1, -0.05) is 42.5 Å². The van der Waals surface area contributed by atoms with Gasteiger partial charge in [0, 0.05) is 22.3 Å². The van der Waals surface area contributed by atoms with Crippen molar-refractivity contribution < 1.29 is 99.4 Å². The molecule has 0 saturated carbocycles. The van der Waals surface area contributed by atoms with Crippen LogP contribution in [0.2, 0.25) is 0 Å². The third-order valence-electron chi connectivity index (χ3n) is 5.01.